The van der Waals surface area contributed by atoms with Crippen LogP contribution in [0.25, 0.3) is 0 Å². The number of nitrogens with two attached hydrogens (primary N) is 1. The lowest BCUT2D eigenvalue weighted by atomic mass is 10.3. The molecule has 108 valence electrons. The molecule has 0 radical (unpaired) electrons. The first-order chi connectivity index (χ1) is 8.22. The summed E-state index contributed by atoms with van der Waals surface area (Å²) in [4.78, 5) is 11.2. The van der Waals surface area contributed by atoms with Crippen molar-refractivity contribution in [2.45, 2.75) is 32.1 Å². The minimum atomic E-state index is -3.52. The molecule has 8 heteroatoms. The number of sulfone groups is 1. The van der Waals surface area contributed by atoms with Crippen LogP contribution in [0.5, 0.6) is 0 Å². The van der Waals surface area contributed by atoms with Crippen LogP contribution in [-0.2, 0) is 14.6 Å². The molecule has 0 saturated carbocycles. The molecule has 18 heavy (non-hydrogen) atoms. The third kappa shape index (κ3) is 8.35. The zero-order chi connectivity index (χ0) is 14.2. The topological polar surface area (TPSA) is 89.3 Å². The van der Waals surface area contributed by atoms with Crippen LogP contribution in [0.2, 0.25) is 0 Å². The third-order valence-corrected chi connectivity index (χ3v) is 3.87. The molecule has 5 nitrogen and oxygen atoms in total. The van der Waals surface area contributed by atoms with Crippen molar-refractivity contribution in [1.82, 2.24) is 5.32 Å². The Hall–Kier alpha value is -0.760. The minimum Gasteiger partial charge on any atom is -0.349 e. The molecule has 0 bridgehead atoms. The summed E-state index contributed by atoms with van der Waals surface area (Å²) in [5, 5.41) is 1.87. The molecule has 0 fully saturated rings. The highest BCUT2D eigenvalue weighted by molar-refractivity contribution is 7.92. The van der Waals surface area contributed by atoms with Gasteiger partial charge in [-0.1, -0.05) is 19.8 Å². The van der Waals surface area contributed by atoms with E-state index >= 15 is 0 Å². The Bertz CT molecular complexity index is 358. The van der Waals surface area contributed by atoms with Crippen LogP contribution in [-0.4, -0.2) is 44.8 Å². The summed E-state index contributed by atoms with van der Waals surface area (Å²) in [6.07, 6.45) is 2.10. The van der Waals surface area contributed by atoms with Gasteiger partial charge in [0.15, 0.2) is 9.84 Å². The predicted molar refractivity (Wildman–Crippen MR) is 65.2 cm³/mol. The van der Waals surface area contributed by atoms with E-state index in [1.165, 1.54) is 0 Å². The normalized spacial score (nSPS) is 12.4. The molecule has 0 saturated heterocycles. The molecule has 1 amide bonds. The summed E-state index contributed by atoms with van der Waals surface area (Å²) in [5.41, 5.74) is 4.78. The molecule has 0 heterocycles. The van der Waals surface area contributed by atoms with Crippen molar-refractivity contribution in [1.29, 1.82) is 0 Å². The Morgan fingerprint density at radius 1 is 1.33 bits per heavy atom. The number of carbonyl (C=O) groups excluding carboxylic acids is 1. The van der Waals surface area contributed by atoms with Crippen LogP contribution in [0.15, 0.2) is 0 Å². The SMILES string of the molecule is CCCCCS(=O)(=O)CC(=O)NCC(F)(F)CN. The Morgan fingerprint density at radius 2 is 1.94 bits per heavy atom. The van der Waals surface area contributed by atoms with Crippen LogP contribution in [0, 0.1) is 0 Å². The number of amides is 1. The van der Waals surface area contributed by atoms with Gasteiger partial charge in [0.1, 0.15) is 5.75 Å². The molecular weight excluding hydrogens is 266 g/mol. The maximum absolute atomic E-state index is 12.7. The van der Waals surface area contributed by atoms with Crippen molar-refractivity contribution >= 4 is 15.7 Å². The molecule has 0 atom stereocenters. The van der Waals surface area contributed by atoms with E-state index in [0.29, 0.717) is 6.42 Å². The van der Waals surface area contributed by atoms with Gasteiger partial charge >= 0.3 is 0 Å². The van der Waals surface area contributed by atoms with Crippen LogP contribution in [0.1, 0.15) is 26.2 Å². The minimum absolute atomic E-state index is 0.0957. The average Bonchev–Trinajstić information content (AvgIpc) is 2.26. The van der Waals surface area contributed by atoms with Crippen molar-refractivity contribution in [3.05, 3.63) is 0 Å². The molecule has 0 spiro atoms. The van der Waals surface area contributed by atoms with Gasteiger partial charge in [0.2, 0.25) is 5.91 Å². The van der Waals surface area contributed by atoms with Gasteiger partial charge in [0.05, 0.1) is 18.8 Å². The van der Waals surface area contributed by atoms with E-state index in [1.807, 2.05) is 12.2 Å². The number of carbonyl (C=O) groups is 1. The fourth-order valence-electron chi connectivity index (χ4n) is 1.19. The van der Waals surface area contributed by atoms with Crippen molar-refractivity contribution in [3.63, 3.8) is 0 Å². The van der Waals surface area contributed by atoms with Crippen molar-refractivity contribution < 1.29 is 22.0 Å². The average molecular weight is 286 g/mol. The van der Waals surface area contributed by atoms with Gasteiger partial charge in [-0.15, -0.1) is 0 Å². The molecule has 0 rings (SSSR count). The standard InChI is InChI=1S/C10H20F2N2O3S/c1-2-3-4-5-18(16,17)6-9(15)14-8-10(11,12)7-13/h2-8,13H2,1H3,(H,14,15). The van der Waals surface area contributed by atoms with Gasteiger partial charge in [-0.2, -0.15) is 0 Å². The first kappa shape index (κ1) is 17.2. The van der Waals surface area contributed by atoms with E-state index in [4.69, 9.17) is 5.73 Å². The van der Waals surface area contributed by atoms with Gasteiger partial charge in [-0.25, -0.2) is 17.2 Å². The Morgan fingerprint density at radius 3 is 2.44 bits per heavy atom. The van der Waals surface area contributed by atoms with Crippen molar-refractivity contribution in [2.75, 3.05) is 24.6 Å². The van der Waals surface area contributed by atoms with E-state index in [2.05, 4.69) is 0 Å². The first-order valence-electron chi connectivity index (χ1n) is 5.77. The first-order valence-corrected chi connectivity index (χ1v) is 7.59. The molecule has 0 aromatic carbocycles. The lowest BCUT2D eigenvalue weighted by Gasteiger charge is -2.14. The fourth-order valence-corrected chi connectivity index (χ4v) is 2.48. The van der Waals surface area contributed by atoms with Gasteiger partial charge in [0.25, 0.3) is 5.92 Å². The monoisotopic (exact) mass is 286 g/mol. The fraction of sp³-hybridized carbons (Fsp3) is 0.900. The predicted octanol–water partition coefficient (Wildman–Crippen LogP) is 0.302. The van der Waals surface area contributed by atoms with Crippen molar-refractivity contribution in [2.24, 2.45) is 5.73 Å². The second-order valence-corrected chi connectivity index (χ2v) is 6.32. The van der Waals surface area contributed by atoms with Crippen LogP contribution in [0.3, 0.4) is 0 Å². The van der Waals surface area contributed by atoms with Crippen LogP contribution >= 0.6 is 0 Å². The maximum atomic E-state index is 12.7. The van der Waals surface area contributed by atoms with E-state index in [-0.39, 0.29) is 5.75 Å². The van der Waals surface area contributed by atoms with Gasteiger partial charge < -0.3 is 11.1 Å². The Balaban J connectivity index is 4.07. The number of alkyl halides is 2. The maximum Gasteiger partial charge on any atom is 0.277 e. The molecule has 0 aliphatic carbocycles. The number of hydrogen-bond acceptors (Lipinski definition) is 4. The van der Waals surface area contributed by atoms with Crippen LogP contribution < -0.4 is 11.1 Å². The number of halogens is 2. The summed E-state index contributed by atoms with van der Waals surface area (Å²) in [5.74, 6) is -4.97. The zero-order valence-electron chi connectivity index (χ0n) is 10.4. The molecule has 0 aliphatic heterocycles. The van der Waals surface area contributed by atoms with E-state index in [1.54, 1.807) is 0 Å². The third-order valence-electron chi connectivity index (χ3n) is 2.25. The van der Waals surface area contributed by atoms with E-state index < -0.39 is 40.5 Å². The molecule has 0 aromatic rings. The van der Waals surface area contributed by atoms with Crippen molar-refractivity contribution in [3.8, 4) is 0 Å². The largest absolute Gasteiger partial charge is 0.349 e. The number of nitrogens with one attached hydrogen (secondary N) is 1. The summed E-state index contributed by atoms with van der Waals surface area (Å²) in [7, 11) is -3.52. The highest BCUT2D eigenvalue weighted by atomic mass is 32.2. The summed E-state index contributed by atoms with van der Waals surface area (Å²) >= 11 is 0. The van der Waals surface area contributed by atoms with Gasteiger partial charge in [-0.05, 0) is 6.42 Å². The lowest BCUT2D eigenvalue weighted by molar-refractivity contribution is -0.120. The quantitative estimate of drug-likeness (QED) is 0.597. The van der Waals surface area contributed by atoms with Crippen LogP contribution in [0.4, 0.5) is 8.78 Å². The second kappa shape index (κ2) is 7.63. The summed E-state index contributed by atoms with van der Waals surface area (Å²) in [6, 6.07) is 0. The van der Waals surface area contributed by atoms with E-state index in [9.17, 15) is 22.0 Å². The Kier molecular flexibility index (Phi) is 7.30. The molecular formula is C10H20F2N2O3S. The van der Waals surface area contributed by atoms with Gasteiger partial charge in [-0.3, -0.25) is 4.79 Å². The highest BCUT2D eigenvalue weighted by Gasteiger charge is 2.28. The molecule has 0 aromatic heterocycles. The smallest absolute Gasteiger partial charge is 0.277 e. The molecule has 0 aliphatic rings. The number of hydrogen-bond donors (Lipinski definition) is 2. The summed E-state index contributed by atoms with van der Waals surface area (Å²) in [6.45, 7) is 0.0948. The highest BCUT2D eigenvalue weighted by Crippen LogP contribution is 2.08. The van der Waals surface area contributed by atoms with Gasteiger partial charge in [0, 0.05) is 0 Å². The Labute approximate surface area is 106 Å². The zero-order valence-corrected chi connectivity index (χ0v) is 11.2. The number of rotatable bonds is 9. The lowest BCUT2D eigenvalue weighted by Crippen LogP contribution is -2.43. The molecule has 0 unspecified atom stereocenters. The summed E-state index contributed by atoms with van der Waals surface area (Å²) < 4.78 is 48.3. The second-order valence-electron chi connectivity index (χ2n) is 4.14. The molecule has 3 N–H and O–H groups in total. The number of unbranched alkanes of at least 4 members (excludes halogenated alkanes) is 2. The van der Waals surface area contributed by atoms with E-state index in [0.717, 1.165) is 12.8 Å².